The number of hydrogen-bond donors (Lipinski definition) is 0. The van der Waals surface area contributed by atoms with Gasteiger partial charge >= 0.3 is 0 Å². The van der Waals surface area contributed by atoms with Crippen LogP contribution in [0.2, 0.25) is 0 Å². The van der Waals surface area contributed by atoms with Gasteiger partial charge in [-0.25, -0.2) is 9.97 Å². The summed E-state index contributed by atoms with van der Waals surface area (Å²) in [7, 11) is 2.20. The Bertz CT molecular complexity index is 618. The quantitative estimate of drug-likeness (QED) is 0.843. The molecule has 1 aliphatic rings. The number of aromatic nitrogens is 2. The molecule has 0 amide bonds. The van der Waals surface area contributed by atoms with Crippen LogP contribution in [0.5, 0.6) is 0 Å². The maximum atomic E-state index is 4.72. The van der Waals surface area contributed by atoms with E-state index in [-0.39, 0.29) is 0 Å². The lowest BCUT2D eigenvalue weighted by Crippen LogP contribution is -2.47. The summed E-state index contributed by atoms with van der Waals surface area (Å²) in [5.41, 5.74) is 0. The Morgan fingerprint density at radius 1 is 1.23 bits per heavy atom. The molecule has 0 atom stereocenters. The minimum atomic E-state index is 0.864. The van der Waals surface area contributed by atoms with Gasteiger partial charge in [0.15, 0.2) is 0 Å². The summed E-state index contributed by atoms with van der Waals surface area (Å²) < 4.78 is 0. The van der Waals surface area contributed by atoms with Gasteiger partial charge in [-0.2, -0.15) is 0 Å². The number of likely N-dealkylation sites (N-methyl/N-ethyl adjacent to an activating group) is 2. The topological polar surface area (TPSA) is 35.5 Å². The molecule has 2 aromatic heterocycles. The van der Waals surface area contributed by atoms with Crippen LogP contribution in [0.15, 0.2) is 11.4 Å². The van der Waals surface area contributed by atoms with Crippen molar-refractivity contribution in [2.24, 2.45) is 0 Å². The van der Waals surface area contributed by atoms with Crippen LogP contribution in [0.1, 0.15) is 12.7 Å². The first kappa shape index (κ1) is 15.6. The van der Waals surface area contributed by atoms with Crippen molar-refractivity contribution < 1.29 is 0 Å². The molecule has 0 bridgehead atoms. The molecule has 0 unspecified atom stereocenters. The molecule has 0 aliphatic carbocycles. The summed E-state index contributed by atoms with van der Waals surface area (Å²) >= 11 is 1.70. The van der Waals surface area contributed by atoms with E-state index in [4.69, 9.17) is 4.98 Å². The largest absolute Gasteiger partial charge is 0.355 e. The van der Waals surface area contributed by atoms with Crippen molar-refractivity contribution in [3.05, 3.63) is 17.3 Å². The number of fused-ring (bicyclic) bond motifs is 1. The molecule has 22 heavy (non-hydrogen) atoms. The van der Waals surface area contributed by atoms with E-state index in [0.29, 0.717) is 0 Å². The fraction of sp³-hybridized carbons (Fsp3) is 0.625. The maximum Gasteiger partial charge on any atom is 0.141 e. The van der Waals surface area contributed by atoms with Crippen molar-refractivity contribution in [2.75, 3.05) is 57.8 Å². The van der Waals surface area contributed by atoms with Crippen LogP contribution in [0.3, 0.4) is 0 Å². The van der Waals surface area contributed by atoms with Crippen LogP contribution in [0.4, 0.5) is 5.82 Å². The standard InChI is InChI=1S/C16H25N5S/c1-4-21(11-10-20-8-6-19(3)7-9-20)15-14-5-12-22-16(14)18-13(2)17-15/h5,12H,4,6-11H2,1-3H3. The zero-order valence-electron chi connectivity index (χ0n) is 13.7. The lowest BCUT2D eigenvalue weighted by molar-refractivity contribution is 0.157. The maximum absolute atomic E-state index is 4.72. The zero-order valence-corrected chi connectivity index (χ0v) is 14.6. The molecule has 120 valence electrons. The Kier molecular flexibility index (Phi) is 4.90. The zero-order chi connectivity index (χ0) is 15.5. The molecule has 0 N–H and O–H groups in total. The van der Waals surface area contributed by atoms with Crippen molar-refractivity contribution in [3.63, 3.8) is 0 Å². The molecule has 1 aliphatic heterocycles. The summed E-state index contributed by atoms with van der Waals surface area (Å²) in [4.78, 5) is 17.7. The molecule has 1 saturated heterocycles. The van der Waals surface area contributed by atoms with Gasteiger partial charge in [-0.05, 0) is 32.3 Å². The lowest BCUT2D eigenvalue weighted by Gasteiger charge is -2.34. The Morgan fingerprint density at radius 3 is 2.73 bits per heavy atom. The normalized spacial score (nSPS) is 17.2. The van der Waals surface area contributed by atoms with E-state index in [1.54, 1.807) is 11.3 Å². The Labute approximate surface area is 136 Å². The summed E-state index contributed by atoms with van der Waals surface area (Å²) in [5, 5.41) is 3.30. The van der Waals surface area contributed by atoms with Crippen molar-refractivity contribution >= 4 is 27.4 Å². The van der Waals surface area contributed by atoms with E-state index in [1.165, 1.54) is 31.6 Å². The first-order valence-corrected chi connectivity index (χ1v) is 8.93. The molecule has 5 nitrogen and oxygen atoms in total. The Morgan fingerprint density at radius 2 is 2.00 bits per heavy atom. The van der Waals surface area contributed by atoms with Crippen LogP contribution in [-0.4, -0.2) is 72.6 Å². The van der Waals surface area contributed by atoms with Gasteiger partial charge in [0.05, 0.1) is 5.39 Å². The van der Waals surface area contributed by atoms with Gasteiger partial charge in [-0.15, -0.1) is 11.3 Å². The smallest absolute Gasteiger partial charge is 0.141 e. The third-order valence-corrected chi connectivity index (χ3v) is 5.19. The van der Waals surface area contributed by atoms with Gasteiger partial charge in [-0.3, -0.25) is 4.90 Å². The second-order valence-electron chi connectivity index (χ2n) is 5.96. The molecule has 3 rings (SSSR count). The van der Waals surface area contributed by atoms with Crippen LogP contribution in [0, 0.1) is 6.92 Å². The molecule has 3 heterocycles. The van der Waals surface area contributed by atoms with Gasteiger partial charge in [0.25, 0.3) is 0 Å². The van der Waals surface area contributed by atoms with E-state index in [2.05, 4.69) is 45.1 Å². The number of anilines is 1. The molecule has 6 heteroatoms. The first-order chi connectivity index (χ1) is 10.7. The fourth-order valence-electron chi connectivity index (χ4n) is 2.93. The minimum absolute atomic E-state index is 0.864. The molecular weight excluding hydrogens is 294 g/mol. The Hall–Kier alpha value is -1.24. The Balaban J connectivity index is 1.71. The number of rotatable bonds is 5. The fourth-order valence-corrected chi connectivity index (χ4v) is 3.74. The molecule has 1 fully saturated rings. The third-order valence-electron chi connectivity index (χ3n) is 4.38. The molecule has 0 saturated carbocycles. The highest BCUT2D eigenvalue weighted by Gasteiger charge is 2.17. The number of nitrogens with zero attached hydrogens (tertiary/aromatic N) is 5. The molecule has 2 aromatic rings. The van der Waals surface area contributed by atoms with Gasteiger partial charge < -0.3 is 9.80 Å². The average molecular weight is 319 g/mol. The highest BCUT2D eigenvalue weighted by molar-refractivity contribution is 7.16. The highest BCUT2D eigenvalue weighted by Crippen LogP contribution is 2.27. The number of thiophene rings is 1. The third kappa shape index (κ3) is 3.39. The lowest BCUT2D eigenvalue weighted by atomic mass is 10.3. The van der Waals surface area contributed by atoms with Crippen LogP contribution in [0.25, 0.3) is 10.2 Å². The molecule has 0 aromatic carbocycles. The molecule has 0 radical (unpaired) electrons. The second-order valence-corrected chi connectivity index (χ2v) is 6.85. The SMILES string of the molecule is CCN(CCN1CCN(C)CC1)c1nc(C)nc2sccc12. The number of piperazine rings is 1. The highest BCUT2D eigenvalue weighted by atomic mass is 32.1. The van der Waals surface area contributed by atoms with Crippen molar-refractivity contribution in [2.45, 2.75) is 13.8 Å². The van der Waals surface area contributed by atoms with Gasteiger partial charge in [-0.1, -0.05) is 0 Å². The summed E-state index contributed by atoms with van der Waals surface area (Å²) in [6.45, 7) is 12.0. The van der Waals surface area contributed by atoms with Crippen LogP contribution >= 0.6 is 11.3 Å². The minimum Gasteiger partial charge on any atom is -0.355 e. The van der Waals surface area contributed by atoms with Gasteiger partial charge in [0.2, 0.25) is 0 Å². The number of aryl methyl sites for hydroxylation is 1. The first-order valence-electron chi connectivity index (χ1n) is 8.05. The van der Waals surface area contributed by atoms with E-state index >= 15 is 0 Å². The monoisotopic (exact) mass is 319 g/mol. The predicted octanol–water partition coefficient (Wildman–Crippen LogP) is 2.07. The summed E-state index contributed by atoms with van der Waals surface area (Å²) in [6, 6.07) is 2.15. The van der Waals surface area contributed by atoms with E-state index < -0.39 is 0 Å². The average Bonchev–Trinajstić information content (AvgIpc) is 2.97. The van der Waals surface area contributed by atoms with E-state index in [1.807, 2.05) is 6.92 Å². The van der Waals surface area contributed by atoms with E-state index in [9.17, 15) is 0 Å². The molecular formula is C16H25N5S. The van der Waals surface area contributed by atoms with Crippen LogP contribution < -0.4 is 4.90 Å². The van der Waals surface area contributed by atoms with Gasteiger partial charge in [0.1, 0.15) is 16.5 Å². The summed E-state index contributed by atoms with van der Waals surface area (Å²) in [6.07, 6.45) is 0. The summed E-state index contributed by atoms with van der Waals surface area (Å²) in [5.74, 6) is 1.96. The van der Waals surface area contributed by atoms with Crippen LogP contribution in [-0.2, 0) is 0 Å². The number of hydrogen-bond acceptors (Lipinski definition) is 6. The van der Waals surface area contributed by atoms with Crippen molar-refractivity contribution in [3.8, 4) is 0 Å². The van der Waals surface area contributed by atoms with Gasteiger partial charge in [0, 0.05) is 45.8 Å². The predicted molar refractivity (Wildman–Crippen MR) is 94.0 cm³/mol. The van der Waals surface area contributed by atoms with E-state index in [0.717, 1.165) is 36.1 Å². The van der Waals surface area contributed by atoms with Crippen molar-refractivity contribution in [1.29, 1.82) is 0 Å². The second kappa shape index (κ2) is 6.89. The molecule has 0 spiro atoms. The van der Waals surface area contributed by atoms with Crippen molar-refractivity contribution in [1.82, 2.24) is 19.8 Å².